The Bertz CT molecular complexity index is 444. The molecule has 104 valence electrons. The zero-order chi connectivity index (χ0) is 13.2. The third-order valence-electron chi connectivity index (χ3n) is 4.14. The van der Waals surface area contributed by atoms with Crippen LogP contribution in [0.3, 0.4) is 0 Å². The van der Waals surface area contributed by atoms with Gasteiger partial charge in [0.2, 0.25) is 0 Å². The molecule has 2 saturated heterocycles. The van der Waals surface area contributed by atoms with Crippen molar-refractivity contribution in [2.75, 3.05) is 26.3 Å². The van der Waals surface area contributed by atoms with Gasteiger partial charge in [-0.2, -0.15) is 0 Å². The van der Waals surface area contributed by atoms with Crippen molar-refractivity contribution in [1.82, 2.24) is 9.88 Å². The van der Waals surface area contributed by atoms with Crippen molar-refractivity contribution in [2.45, 2.75) is 38.3 Å². The van der Waals surface area contributed by atoms with E-state index in [4.69, 9.17) is 9.72 Å². The molecule has 19 heavy (non-hydrogen) atoms. The van der Waals surface area contributed by atoms with Crippen LogP contribution in [-0.4, -0.2) is 47.4 Å². The van der Waals surface area contributed by atoms with Gasteiger partial charge in [0.1, 0.15) is 0 Å². The lowest BCUT2D eigenvalue weighted by Crippen LogP contribution is -2.23. The van der Waals surface area contributed by atoms with Gasteiger partial charge in [-0.25, -0.2) is 0 Å². The fraction of sp³-hybridized carbons (Fsp3) is 0.667. The molecule has 0 aliphatic carbocycles. The van der Waals surface area contributed by atoms with Crippen LogP contribution < -0.4 is 0 Å². The highest BCUT2D eigenvalue weighted by Crippen LogP contribution is 2.28. The van der Waals surface area contributed by atoms with Gasteiger partial charge in [0, 0.05) is 37.9 Å². The molecule has 4 heteroatoms. The third kappa shape index (κ3) is 2.96. The summed E-state index contributed by atoms with van der Waals surface area (Å²) in [6.45, 7) is 6.32. The molecule has 2 aliphatic rings. The molecule has 2 aliphatic heterocycles. The SMILES string of the molecule is Cc1ccc([C@H]2CCOC2)c(CN2CC[C@H](O)C2)n1. The number of aryl methyl sites for hydroxylation is 1. The number of hydrogen-bond acceptors (Lipinski definition) is 4. The summed E-state index contributed by atoms with van der Waals surface area (Å²) in [5.74, 6) is 0.496. The minimum atomic E-state index is -0.164. The molecular formula is C15H22N2O2. The normalized spacial score (nSPS) is 28.1. The Labute approximate surface area is 114 Å². The Morgan fingerprint density at radius 3 is 3.00 bits per heavy atom. The number of aromatic nitrogens is 1. The van der Waals surface area contributed by atoms with E-state index in [0.717, 1.165) is 51.4 Å². The van der Waals surface area contributed by atoms with Gasteiger partial charge < -0.3 is 9.84 Å². The van der Waals surface area contributed by atoms with Crippen LogP contribution in [0.15, 0.2) is 12.1 Å². The van der Waals surface area contributed by atoms with E-state index in [9.17, 15) is 5.11 Å². The van der Waals surface area contributed by atoms with E-state index in [1.807, 2.05) is 6.92 Å². The van der Waals surface area contributed by atoms with Crippen molar-refractivity contribution in [3.05, 3.63) is 29.1 Å². The maximum absolute atomic E-state index is 9.63. The maximum atomic E-state index is 9.63. The summed E-state index contributed by atoms with van der Waals surface area (Å²) >= 11 is 0. The Kier molecular flexibility index (Phi) is 3.82. The molecule has 1 aromatic rings. The van der Waals surface area contributed by atoms with Gasteiger partial charge in [0.15, 0.2) is 0 Å². The molecule has 2 fully saturated rings. The molecule has 0 bridgehead atoms. The molecule has 0 amide bonds. The summed E-state index contributed by atoms with van der Waals surface area (Å²) in [6.07, 6.45) is 1.82. The number of rotatable bonds is 3. The Balaban J connectivity index is 1.79. The van der Waals surface area contributed by atoms with E-state index >= 15 is 0 Å². The zero-order valence-corrected chi connectivity index (χ0v) is 11.5. The first kappa shape index (κ1) is 13.0. The predicted molar refractivity (Wildman–Crippen MR) is 73.1 cm³/mol. The lowest BCUT2D eigenvalue weighted by molar-refractivity contribution is 0.174. The highest BCUT2D eigenvalue weighted by Gasteiger charge is 2.25. The zero-order valence-electron chi connectivity index (χ0n) is 11.5. The summed E-state index contributed by atoms with van der Waals surface area (Å²) in [6, 6.07) is 4.31. The molecule has 0 aromatic carbocycles. The van der Waals surface area contributed by atoms with Crippen molar-refractivity contribution >= 4 is 0 Å². The number of nitrogens with zero attached hydrogens (tertiary/aromatic N) is 2. The lowest BCUT2D eigenvalue weighted by atomic mass is 9.96. The monoisotopic (exact) mass is 262 g/mol. The van der Waals surface area contributed by atoms with Gasteiger partial charge >= 0.3 is 0 Å². The fourth-order valence-corrected chi connectivity index (χ4v) is 3.07. The Hall–Kier alpha value is -0.970. The van der Waals surface area contributed by atoms with Crippen molar-refractivity contribution < 1.29 is 9.84 Å². The van der Waals surface area contributed by atoms with Crippen molar-refractivity contribution in [3.63, 3.8) is 0 Å². The molecule has 0 radical (unpaired) electrons. The van der Waals surface area contributed by atoms with E-state index < -0.39 is 0 Å². The molecule has 3 rings (SSSR count). The van der Waals surface area contributed by atoms with Gasteiger partial charge in [-0.3, -0.25) is 9.88 Å². The minimum Gasteiger partial charge on any atom is -0.392 e. The predicted octanol–water partition coefficient (Wildman–Crippen LogP) is 1.46. The van der Waals surface area contributed by atoms with Gasteiger partial charge in [0.25, 0.3) is 0 Å². The molecule has 1 N–H and O–H groups in total. The van der Waals surface area contributed by atoms with E-state index in [1.54, 1.807) is 0 Å². The average molecular weight is 262 g/mol. The highest BCUT2D eigenvalue weighted by atomic mass is 16.5. The average Bonchev–Trinajstić information content (AvgIpc) is 3.01. The first-order valence-electron chi connectivity index (χ1n) is 7.17. The molecule has 1 aromatic heterocycles. The molecular weight excluding hydrogens is 240 g/mol. The number of ether oxygens (including phenoxy) is 1. The molecule has 3 heterocycles. The van der Waals surface area contributed by atoms with Gasteiger partial charge in [-0.15, -0.1) is 0 Å². The molecule has 4 nitrogen and oxygen atoms in total. The van der Waals surface area contributed by atoms with E-state index in [2.05, 4.69) is 17.0 Å². The summed E-state index contributed by atoms with van der Waals surface area (Å²) in [5, 5.41) is 9.63. The molecule has 0 saturated carbocycles. The van der Waals surface area contributed by atoms with Gasteiger partial charge in [-0.05, 0) is 31.4 Å². The summed E-state index contributed by atoms with van der Waals surface area (Å²) < 4.78 is 5.50. The van der Waals surface area contributed by atoms with Gasteiger partial charge in [0.05, 0.1) is 18.4 Å². The second-order valence-electron chi connectivity index (χ2n) is 5.73. The fourth-order valence-electron chi connectivity index (χ4n) is 3.07. The second kappa shape index (κ2) is 5.57. The number of pyridine rings is 1. The number of likely N-dealkylation sites (tertiary alicyclic amines) is 1. The minimum absolute atomic E-state index is 0.164. The quantitative estimate of drug-likeness (QED) is 0.896. The highest BCUT2D eigenvalue weighted by molar-refractivity contribution is 5.27. The number of aliphatic hydroxyl groups excluding tert-OH is 1. The summed E-state index contributed by atoms with van der Waals surface area (Å²) in [5.41, 5.74) is 3.58. The molecule has 0 spiro atoms. The van der Waals surface area contributed by atoms with Crippen molar-refractivity contribution in [1.29, 1.82) is 0 Å². The second-order valence-corrected chi connectivity index (χ2v) is 5.73. The number of β-amino-alcohol motifs (C(OH)–C–C–N with tert-alkyl or cyclic N) is 1. The standard InChI is InChI=1S/C15H22N2O2/c1-11-2-3-14(12-5-7-19-10-12)15(16-11)9-17-6-4-13(18)8-17/h2-3,12-13,18H,4-10H2,1H3/t12-,13-/m0/s1. The third-order valence-corrected chi connectivity index (χ3v) is 4.14. The van der Waals surface area contributed by atoms with E-state index in [1.165, 1.54) is 11.3 Å². The van der Waals surface area contributed by atoms with Crippen molar-refractivity contribution in [3.8, 4) is 0 Å². The van der Waals surface area contributed by atoms with Crippen LogP contribution in [0.4, 0.5) is 0 Å². The number of aliphatic hydroxyl groups is 1. The van der Waals surface area contributed by atoms with Crippen LogP contribution in [-0.2, 0) is 11.3 Å². The smallest absolute Gasteiger partial charge is 0.0679 e. The van der Waals surface area contributed by atoms with Crippen LogP contribution in [0.1, 0.15) is 35.7 Å². The number of hydrogen-bond donors (Lipinski definition) is 1. The van der Waals surface area contributed by atoms with Gasteiger partial charge in [-0.1, -0.05) is 6.07 Å². The first-order chi connectivity index (χ1) is 9.22. The molecule has 2 atom stereocenters. The van der Waals surface area contributed by atoms with Crippen LogP contribution in [0, 0.1) is 6.92 Å². The Morgan fingerprint density at radius 1 is 1.42 bits per heavy atom. The summed E-state index contributed by atoms with van der Waals surface area (Å²) in [7, 11) is 0. The Morgan fingerprint density at radius 2 is 2.32 bits per heavy atom. The largest absolute Gasteiger partial charge is 0.392 e. The van der Waals surface area contributed by atoms with Crippen LogP contribution >= 0.6 is 0 Å². The van der Waals surface area contributed by atoms with Crippen LogP contribution in [0.25, 0.3) is 0 Å². The lowest BCUT2D eigenvalue weighted by Gasteiger charge is -2.19. The first-order valence-corrected chi connectivity index (χ1v) is 7.17. The van der Waals surface area contributed by atoms with E-state index in [-0.39, 0.29) is 6.10 Å². The molecule has 0 unspecified atom stereocenters. The van der Waals surface area contributed by atoms with E-state index in [0.29, 0.717) is 5.92 Å². The summed E-state index contributed by atoms with van der Waals surface area (Å²) in [4.78, 5) is 7.02. The maximum Gasteiger partial charge on any atom is 0.0679 e. The van der Waals surface area contributed by atoms with Crippen LogP contribution in [0.5, 0.6) is 0 Å². The van der Waals surface area contributed by atoms with Crippen LogP contribution in [0.2, 0.25) is 0 Å². The van der Waals surface area contributed by atoms with Crippen molar-refractivity contribution in [2.24, 2.45) is 0 Å². The topological polar surface area (TPSA) is 45.6 Å².